The number of nitrogens with one attached hydrogen (secondary N) is 1. The Kier molecular flexibility index (Phi) is 10.5. The first kappa shape index (κ1) is 28.7. The predicted octanol–water partition coefficient (Wildman–Crippen LogP) is 5.12. The summed E-state index contributed by atoms with van der Waals surface area (Å²) in [4.78, 5) is 27.5. The van der Waals surface area contributed by atoms with Crippen LogP contribution in [-0.4, -0.2) is 50.5 Å². The van der Waals surface area contributed by atoms with E-state index in [1.54, 1.807) is 6.92 Å². The molecule has 0 fully saturated rings. The minimum absolute atomic E-state index is 0.0115. The largest absolute Gasteiger partial charge is 0.354 e. The van der Waals surface area contributed by atoms with Gasteiger partial charge < -0.3 is 10.2 Å². The molecule has 0 spiro atoms. The summed E-state index contributed by atoms with van der Waals surface area (Å²) < 4.78 is 26.9. The van der Waals surface area contributed by atoms with Gasteiger partial charge in [0, 0.05) is 17.6 Å². The number of rotatable bonds is 10. The third-order valence-electron chi connectivity index (χ3n) is 4.90. The average Bonchev–Trinajstić information content (AvgIpc) is 2.75. The Morgan fingerprint density at radius 3 is 2.32 bits per heavy atom. The lowest BCUT2D eigenvalue weighted by Gasteiger charge is -2.31. The molecule has 0 aliphatic heterocycles. The van der Waals surface area contributed by atoms with Crippen LogP contribution in [0.5, 0.6) is 0 Å². The lowest BCUT2D eigenvalue weighted by Crippen LogP contribution is -2.51. The van der Waals surface area contributed by atoms with Crippen molar-refractivity contribution in [1.29, 1.82) is 0 Å². The van der Waals surface area contributed by atoms with Crippen molar-refractivity contribution in [2.45, 2.75) is 32.9 Å². The Labute approximate surface area is 223 Å². The lowest BCUT2D eigenvalue weighted by molar-refractivity contribution is -0.139. The van der Waals surface area contributed by atoms with Gasteiger partial charge in [-0.25, -0.2) is 8.42 Å². The number of sulfonamides is 1. The summed E-state index contributed by atoms with van der Waals surface area (Å²) in [6, 6.07) is 9.02. The third-order valence-corrected chi connectivity index (χ3v) is 7.54. The Morgan fingerprint density at radius 2 is 1.74 bits per heavy atom. The molecule has 2 amide bonds. The third kappa shape index (κ3) is 7.75. The van der Waals surface area contributed by atoms with Crippen molar-refractivity contribution < 1.29 is 18.0 Å². The van der Waals surface area contributed by atoms with Crippen molar-refractivity contribution in [3.63, 3.8) is 0 Å². The number of hydrogen-bond acceptors (Lipinski definition) is 4. The van der Waals surface area contributed by atoms with E-state index in [1.165, 1.54) is 17.0 Å². The van der Waals surface area contributed by atoms with E-state index in [0.717, 1.165) is 27.0 Å². The summed E-state index contributed by atoms with van der Waals surface area (Å²) in [5.41, 5.74) is 0.772. The van der Waals surface area contributed by atoms with Gasteiger partial charge in [-0.05, 0) is 43.2 Å². The highest BCUT2D eigenvalue weighted by Gasteiger charge is 2.31. The topological polar surface area (TPSA) is 86.8 Å². The second kappa shape index (κ2) is 12.4. The fourth-order valence-corrected chi connectivity index (χ4v) is 5.10. The van der Waals surface area contributed by atoms with Crippen molar-refractivity contribution >= 4 is 78.3 Å². The SMILES string of the molecule is CCCNC(=O)[C@@H](C)N(Cc1cccc(Br)c1)C(=O)CN(c1cc(Cl)c(Cl)cc1Cl)S(C)(=O)=O. The molecule has 0 aromatic heterocycles. The Hall–Kier alpha value is -1.52. The zero-order chi connectivity index (χ0) is 25.6. The Morgan fingerprint density at radius 1 is 1.09 bits per heavy atom. The molecule has 2 aromatic carbocycles. The van der Waals surface area contributed by atoms with Gasteiger partial charge in [-0.2, -0.15) is 0 Å². The van der Waals surface area contributed by atoms with Crippen LogP contribution in [0.4, 0.5) is 5.69 Å². The number of carbonyl (C=O) groups is 2. The van der Waals surface area contributed by atoms with E-state index >= 15 is 0 Å². The second-order valence-corrected chi connectivity index (χ2v) is 11.7. The number of halogens is 4. The first-order valence-corrected chi connectivity index (χ1v) is 14.1. The van der Waals surface area contributed by atoms with Crippen LogP contribution in [0.25, 0.3) is 0 Å². The van der Waals surface area contributed by atoms with Gasteiger partial charge in [-0.3, -0.25) is 13.9 Å². The van der Waals surface area contributed by atoms with Crippen LogP contribution in [0.2, 0.25) is 15.1 Å². The van der Waals surface area contributed by atoms with Crippen molar-refractivity contribution in [3.8, 4) is 0 Å². The molecule has 0 aliphatic rings. The highest BCUT2D eigenvalue weighted by Crippen LogP contribution is 2.35. The normalized spacial score (nSPS) is 12.2. The standard InChI is InChI=1S/C22H25BrCl3N3O4S/c1-4-8-27-22(31)14(2)28(12-15-6-5-7-16(23)9-15)21(30)13-29(34(3,32)33)20-11-18(25)17(24)10-19(20)26/h5-7,9-11,14H,4,8,12-13H2,1-3H3,(H,27,31)/t14-/m1/s1. The number of anilines is 1. The first-order chi connectivity index (χ1) is 15.8. The van der Waals surface area contributed by atoms with Crippen molar-refractivity contribution in [1.82, 2.24) is 10.2 Å². The van der Waals surface area contributed by atoms with Crippen molar-refractivity contribution in [2.75, 3.05) is 23.7 Å². The van der Waals surface area contributed by atoms with Crippen LogP contribution in [0, 0.1) is 0 Å². The maximum absolute atomic E-state index is 13.5. The Bertz CT molecular complexity index is 1160. The van der Waals surface area contributed by atoms with Crippen molar-refractivity contribution in [2.24, 2.45) is 0 Å². The zero-order valence-electron chi connectivity index (χ0n) is 18.8. The van der Waals surface area contributed by atoms with Gasteiger partial charge in [0.1, 0.15) is 12.6 Å². The van der Waals surface area contributed by atoms with Crippen LogP contribution in [0.1, 0.15) is 25.8 Å². The summed E-state index contributed by atoms with van der Waals surface area (Å²) in [6.07, 6.45) is 1.69. The van der Waals surface area contributed by atoms with Crippen LogP contribution < -0.4 is 9.62 Å². The molecule has 0 heterocycles. The number of nitrogens with zero attached hydrogens (tertiary/aromatic N) is 2. The second-order valence-electron chi connectivity index (χ2n) is 7.61. The lowest BCUT2D eigenvalue weighted by atomic mass is 10.1. The molecular weight excluding hydrogens is 589 g/mol. The number of hydrogen-bond donors (Lipinski definition) is 1. The summed E-state index contributed by atoms with van der Waals surface area (Å²) in [5, 5.41) is 3.02. The van der Waals surface area contributed by atoms with Gasteiger partial charge in [0.2, 0.25) is 21.8 Å². The molecule has 2 rings (SSSR count). The maximum Gasteiger partial charge on any atom is 0.244 e. The van der Waals surface area contributed by atoms with Gasteiger partial charge in [0.25, 0.3) is 0 Å². The number of benzene rings is 2. The molecule has 2 aromatic rings. The minimum atomic E-state index is -3.95. The summed E-state index contributed by atoms with van der Waals surface area (Å²) in [7, 11) is -3.95. The molecule has 0 saturated carbocycles. The van der Waals surface area contributed by atoms with Gasteiger partial charge in [-0.15, -0.1) is 0 Å². The summed E-state index contributed by atoms with van der Waals surface area (Å²) >= 11 is 21.7. The predicted molar refractivity (Wildman–Crippen MR) is 141 cm³/mol. The monoisotopic (exact) mass is 611 g/mol. The molecule has 1 N–H and O–H groups in total. The van der Waals surface area contributed by atoms with Crippen LogP contribution in [0.3, 0.4) is 0 Å². The maximum atomic E-state index is 13.5. The molecule has 0 radical (unpaired) electrons. The van der Waals surface area contributed by atoms with E-state index in [4.69, 9.17) is 34.8 Å². The number of carbonyl (C=O) groups excluding carboxylic acids is 2. The molecule has 0 bridgehead atoms. The summed E-state index contributed by atoms with van der Waals surface area (Å²) in [5.74, 6) is -0.935. The van der Waals surface area contributed by atoms with Crippen LogP contribution in [0.15, 0.2) is 40.9 Å². The molecule has 0 aliphatic carbocycles. The fraction of sp³-hybridized carbons (Fsp3) is 0.364. The zero-order valence-corrected chi connectivity index (χ0v) is 23.5. The van der Waals surface area contributed by atoms with E-state index in [-0.39, 0.29) is 33.2 Å². The minimum Gasteiger partial charge on any atom is -0.354 e. The molecule has 12 heteroatoms. The number of amides is 2. The molecule has 34 heavy (non-hydrogen) atoms. The summed E-state index contributed by atoms with van der Waals surface area (Å²) in [6.45, 7) is 3.47. The van der Waals surface area contributed by atoms with Gasteiger partial charge in [-0.1, -0.05) is 69.8 Å². The molecule has 186 valence electrons. The molecular formula is C22H25BrCl3N3O4S. The smallest absolute Gasteiger partial charge is 0.244 e. The van der Waals surface area contributed by atoms with Crippen LogP contribution >= 0.6 is 50.7 Å². The van der Waals surface area contributed by atoms with Gasteiger partial charge in [0.15, 0.2) is 0 Å². The van der Waals surface area contributed by atoms with E-state index in [2.05, 4.69) is 21.2 Å². The van der Waals surface area contributed by atoms with Gasteiger partial charge >= 0.3 is 0 Å². The molecule has 0 unspecified atom stereocenters. The van der Waals surface area contributed by atoms with Gasteiger partial charge in [0.05, 0.1) is 27.0 Å². The van der Waals surface area contributed by atoms with E-state index < -0.39 is 28.5 Å². The first-order valence-electron chi connectivity index (χ1n) is 10.3. The average molecular weight is 614 g/mol. The highest BCUT2D eigenvalue weighted by molar-refractivity contribution is 9.10. The fourth-order valence-electron chi connectivity index (χ4n) is 3.11. The van der Waals surface area contributed by atoms with E-state index in [0.29, 0.717) is 6.54 Å². The van der Waals surface area contributed by atoms with E-state index in [9.17, 15) is 18.0 Å². The molecule has 1 atom stereocenters. The quantitative estimate of drug-likeness (QED) is 0.377. The molecule has 7 nitrogen and oxygen atoms in total. The van der Waals surface area contributed by atoms with E-state index in [1.807, 2.05) is 31.2 Å². The van der Waals surface area contributed by atoms with Crippen LogP contribution in [-0.2, 0) is 26.2 Å². The highest BCUT2D eigenvalue weighted by atomic mass is 79.9. The molecule has 0 saturated heterocycles. The van der Waals surface area contributed by atoms with Crippen molar-refractivity contribution in [3.05, 3.63) is 61.5 Å². The Balaban J connectivity index is 2.44.